The van der Waals surface area contributed by atoms with Crippen LogP contribution < -0.4 is 4.74 Å². The molecule has 3 unspecified atom stereocenters. The van der Waals surface area contributed by atoms with Gasteiger partial charge in [-0.1, -0.05) is 97.5 Å². The van der Waals surface area contributed by atoms with Gasteiger partial charge in [0.2, 0.25) is 6.10 Å². The number of benzene rings is 2. The van der Waals surface area contributed by atoms with Gasteiger partial charge in [0.1, 0.15) is 32.8 Å². The van der Waals surface area contributed by atoms with E-state index in [0.717, 1.165) is 23.5 Å². The van der Waals surface area contributed by atoms with Crippen molar-refractivity contribution in [1.82, 2.24) is 0 Å². The van der Waals surface area contributed by atoms with Crippen molar-refractivity contribution in [3.63, 3.8) is 0 Å². The first-order valence-electron chi connectivity index (χ1n) is 14.9. The van der Waals surface area contributed by atoms with Gasteiger partial charge in [-0.3, -0.25) is 13.8 Å². The number of nitriles is 1. The van der Waals surface area contributed by atoms with Crippen molar-refractivity contribution < 1.29 is 46.0 Å². The standard InChI is InChI=1S/C22H19Cl2NO3.C6H15O3PS2.C4H7Cl2O4P/c1-22(2)17(12-19(23)24)20(22)21(26)28-18(13-25)14-7-6-10-16(11-14)27-15-8-4-3-5-9-15;1-4-11-5-6-12-10(7,8-2)9-3;1-8-11(7,9-2)10-3-4(5)6/h3-12,17-18,20H,1-2H3;4-6H2,1-3H3;3H,1-2H3. The summed E-state index contributed by atoms with van der Waals surface area (Å²) in [6, 6.07) is 18.3. The third kappa shape index (κ3) is 17.6. The molecule has 3 atom stereocenters. The van der Waals surface area contributed by atoms with Gasteiger partial charge in [0.15, 0.2) is 0 Å². The number of hydrogen-bond donors (Lipinski definition) is 0. The fourth-order valence-corrected chi connectivity index (χ4v) is 8.75. The van der Waals surface area contributed by atoms with Crippen molar-refractivity contribution in [1.29, 1.82) is 5.26 Å². The van der Waals surface area contributed by atoms with E-state index in [2.05, 4.69) is 20.5 Å². The molecule has 51 heavy (non-hydrogen) atoms. The molecule has 284 valence electrons. The lowest BCUT2D eigenvalue weighted by Crippen LogP contribution is -2.14. The third-order valence-electron chi connectivity index (χ3n) is 6.81. The number of esters is 1. The van der Waals surface area contributed by atoms with Crippen LogP contribution in [0.4, 0.5) is 0 Å². The molecule has 1 saturated carbocycles. The molecule has 2 aromatic rings. The average Bonchev–Trinajstić information content (AvgIpc) is 3.66. The Morgan fingerprint density at radius 3 is 2.04 bits per heavy atom. The van der Waals surface area contributed by atoms with Gasteiger partial charge in [-0.05, 0) is 58.8 Å². The number of halogens is 4. The maximum Gasteiger partial charge on any atom is 0.529 e. The van der Waals surface area contributed by atoms with Gasteiger partial charge in [-0.2, -0.15) is 17.0 Å². The van der Waals surface area contributed by atoms with E-state index in [4.69, 9.17) is 64.9 Å². The molecular formula is C32H41Cl4NO10P2S2. The largest absolute Gasteiger partial charge is 0.529 e. The van der Waals surface area contributed by atoms with E-state index in [0.29, 0.717) is 17.1 Å². The molecule has 11 nitrogen and oxygen atoms in total. The molecule has 1 aliphatic rings. The first-order valence-corrected chi connectivity index (χ1v) is 22.1. The van der Waals surface area contributed by atoms with Gasteiger partial charge in [0.25, 0.3) is 0 Å². The highest BCUT2D eigenvalue weighted by molar-refractivity contribution is 8.55. The summed E-state index contributed by atoms with van der Waals surface area (Å²) in [6.07, 6.45) is 1.49. The third-order valence-corrected chi connectivity index (χ3v) is 13.6. The average molecular weight is 868 g/mol. The van der Waals surface area contributed by atoms with Crippen LogP contribution in [0.2, 0.25) is 0 Å². The second-order valence-corrected chi connectivity index (χ2v) is 20.0. The summed E-state index contributed by atoms with van der Waals surface area (Å²) < 4.78 is 56.4. The van der Waals surface area contributed by atoms with Gasteiger partial charge in [-0.15, -0.1) is 0 Å². The van der Waals surface area contributed by atoms with E-state index in [-0.39, 0.29) is 26.2 Å². The Morgan fingerprint density at radius 2 is 1.53 bits per heavy atom. The number of carbonyl (C=O) groups is 1. The number of carbonyl (C=O) groups excluding carboxylic acids is 1. The Morgan fingerprint density at radius 1 is 0.922 bits per heavy atom. The molecule has 0 spiro atoms. The monoisotopic (exact) mass is 865 g/mol. The van der Waals surface area contributed by atoms with Crippen LogP contribution in [0.1, 0.15) is 32.4 Å². The van der Waals surface area contributed by atoms with Crippen molar-refractivity contribution in [3.05, 3.63) is 81.5 Å². The molecule has 0 N–H and O–H groups in total. The van der Waals surface area contributed by atoms with E-state index in [9.17, 15) is 19.2 Å². The Balaban J connectivity index is 0.000000468. The highest BCUT2D eigenvalue weighted by atomic mass is 35.5. The number of phosphoric acid groups is 1. The highest BCUT2D eigenvalue weighted by Crippen LogP contribution is 2.60. The number of ether oxygens (including phenoxy) is 2. The normalized spacial score (nSPS) is 16.4. The van der Waals surface area contributed by atoms with E-state index >= 15 is 0 Å². The maximum atomic E-state index is 12.6. The molecule has 3 rings (SSSR count). The van der Waals surface area contributed by atoms with Gasteiger partial charge >= 0.3 is 20.6 Å². The fourth-order valence-electron chi connectivity index (χ4n) is 4.10. The molecule has 0 aliphatic heterocycles. The van der Waals surface area contributed by atoms with Crippen LogP contribution in [0.15, 0.2) is 75.9 Å². The topological polar surface area (TPSA) is 140 Å². The smallest absolute Gasteiger partial charge is 0.457 e. The molecule has 0 saturated heterocycles. The molecule has 0 bridgehead atoms. The Bertz CT molecular complexity index is 1560. The predicted octanol–water partition coefficient (Wildman–Crippen LogP) is 11.7. The Hall–Kier alpha value is -1.36. The minimum atomic E-state index is -3.48. The molecule has 1 aliphatic carbocycles. The molecule has 0 aromatic heterocycles. The number of nitrogens with zero attached hydrogens (tertiary/aromatic N) is 1. The summed E-state index contributed by atoms with van der Waals surface area (Å²) in [6.45, 7) is 3.15. The minimum absolute atomic E-state index is 0.114. The van der Waals surface area contributed by atoms with Crippen LogP contribution in [0.25, 0.3) is 0 Å². The lowest BCUT2D eigenvalue weighted by atomic mass is 10.1. The number of hydrogen-bond acceptors (Lipinski definition) is 13. The Labute approximate surface area is 328 Å². The second kappa shape index (κ2) is 24.1. The molecule has 1 fully saturated rings. The zero-order chi connectivity index (χ0) is 38.7. The van der Waals surface area contributed by atoms with Crippen molar-refractivity contribution in [2.75, 3.05) is 45.7 Å². The molecule has 2 aromatic carbocycles. The summed E-state index contributed by atoms with van der Waals surface area (Å²) >= 11 is 24.9. The summed E-state index contributed by atoms with van der Waals surface area (Å²) in [5.41, 5.74) is 0.231. The molecule has 0 amide bonds. The fraction of sp³-hybridized carbons (Fsp3) is 0.438. The summed E-state index contributed by atoms with van der Waals surface area (Å²) in [5.74, 6) is 3.16. The first-order chi connectivity index (χ1) is 24.0. The zero-order valence-corrected chi connectivity index (χ0v) is 35.4. The lowest BCUT2D eigenvalue weighted by Gasteiger charge is -2.13. The molecule has 0 radical (unpaired) electrons. The lowest BCUT2D eigenvalue weighted by molar-refractivity contribution is -0.149. The summed E-state index contributed by atoms with van der Waals surface area (Å²) in [4.78, 5) is 12.6. The number of para-hydroxylation sites is 1. The first kappa shape index (κ1) is 47.7. The van der Waals surface area contributed by atoms with Gasteiger partial charge in [-0.25, -0.2) is 9.13 Å². The van der Waals surface area contributed by atoms with Crippen LogP contribution in [0, 0.1) is 28.6 Å². The van der Waals surface area contributed by atoms with Crippen molar-refractivity contribution >= 4 is 90.1 Å². The van der Waals surface area contributed by atoms with Crippen LogP contribution in [0.5, 0.6) is 11.5 Å². The number of rotatable bonds is 17. The van der Waals surface area contributed by atoms with Gasteiger partial charge in [0, 0.05) is 45.5 Å². The van der Waals surface area contributed by atoms with Crippen molar-refractivity contribution in [2.45, 2.75) is 26.9 Å². The van der Waals surface area contributed by atoms with E-state index in [1.807, 2.05) is 62.0 Å². The molecular weight excluding hydrogens is 826 g/mol. The second-order valence-electron chi connectivity index (χ2n) is 10.4. The number of allylic oxidation sites excluding steroid dienone is 1. The summed E-state index contributed by atoms with van der Waals surface area (Å²) in [5, 5.41) is 9.53. The molecule has 0 heterocycles. The quantitative estimate of drug-likeness (QED) is 0.0645. The SMILES string of the molecule is CC1(C)C(C=C(Cl)Cl)C1C(=O)OC(C#N)c1cccc(Oc2ccccc2)c1.CCSCCSP(=O)(OC)OC.COP(=O)(OC)OC=C(Cl)Cl. The van der Waals surface area contributed by atoms with E-state index < -0.39 is 26.7 Å². The summed E-state index contributed by atoms with van der Waals surface area (Å²) in [7, 11) is 1.70. The minimum Gasteiger partial charge on any atom is -0.457 e. The predicted molar refractivity (Wildman–Crippen MR) is 208 cm³/mol. The van der Waals surface area contributed by atoms with Crippen LogP contribution in [-0.2, 0) is 41.3 Å². The van der Waals surface area contributed by atoms with Gasteiger partial charge < -0.3 is 23.0 Å². The van der Waals surface area contributed by atoms with Gasteiger partial charge in [0.05, 0.1) is 5.92 Å². The van der Waals surface area contributed by atoms with Crippen molar-refractivity contribution in [2.24, 2.45) is 17.3 Å². The number of thioether (sulfide) groups is 1. The highest BCUT2D eigenvalue weighted by Gasteiger charge is 2.62. The van der Waals surface area contributed by atoms with Crippen LogP contribution in [0.3, 0.4) is 0 Å². The van der Waals surface area contributed by atoms with Crippen LogP contribution in [-0.4, -0.2) is 51.7 Å². The van der Waals surface area contributed by atoms with Crippen LogP contribution >= 0.6 is 84.2 Å². The Kier molecular flexibility index (Phi) is 22.5. The zero-order valence-electron chi connectivity index (χ0n) is 29.0. The number of phosphoric ester groups is 1. The van der Waals surface area contributed by atoms with Crippen molar-refractivity contribution in [3.8, 4) is 17.6 Å². The maximum absolute atomic E-state index is 12.6. The van der Waals surface area contributed by atoms with E-state index in [1.165, 1.54) is 39.8 Å². The van der Waals surface area contributed by atoms with E-state index in [1.54, 1.807) is 30.3 Å². The molecule has 19 heteroatoms.